The molecule has 2 rings (SSSR count). The fourth-order valence-corrected chi connectivity index (χ4v) is 1.37. The van der Waals surface area contributed by atoms with E-state index in [1.807, 2.05) is 37.0 Å². The molecule has 0 unspecified atom stereocenters. The molecule has 0 aliphatic carbocycles. The number of hydrogen-bond donors (Lipinski definition) is 1. The Labute approximate surface area is 89.0 Å². The van der Waals surface area contributed by atoms with Crippen LogP contribution in [0.1, 0.15) is 11.3 Å². The van der Waals surface area contributed by atoms with Crippen molar-refractivity contribution in [1.82, 2.24) is 14.8 Å². The summed E-state index contributed by atoms with van der Waals surface area (Å²) in [4.78, 5) is 3.98. The Bertz CT molecular complexity index is 433. The molecule has 2 aromatic rings. The molecule has 4 nitrogen and oxygen atoms in total. The maximum absolute atomic E-state index is 4.17. The second-order valence-electron chi connectivity index (χ2n) is 3.48. The maximum Gasteiger partial charge on any atom is 0.0758 e. The number of anilines is 1. The van der Waals surface area contributed by atoms with Gasteiger partial charge in [0.05, 0.1) is 17.6 Å². The third-order valence-electron chi connectivity index (χ3n) is 2.47. The largest absolute Gasteiger partial charge is 0.378 e. The van der Waals surface area contributed by atoms with Crippen molar-refractivity contribution in [2.75, 3.05) is 5.32 Å². The molecule has 2 heterocycles. The van der Waals surface area contributed by atoms with Crippen LogP contribution in [-0.2, 0) is 13.6 Å². The topological polar surface area (TPSA) is 42.7 Å². The first-order chi connectivity index (χ1) is 7.27. The Kier molecular flexibility index (Phi) is 2.67. The summed E-state index contributed by atoms with van der Waals surface area (Å²) >= 11 is 0. The van der Waals surface area contributed by atoms with E-state index in [0.717, 1.165) is 17.9 Å². The van der Waals surface area contributed by atoms with Crippen LogP contribution >= 0.6 is 0 Å². The second-order valence-corrected chi connectivity index (χ2v) is 3.48. The minimum absolute atomic E-state index is 0.801. The van der Waals surface area contributed by atoms with Crippen LogP contribution in [-0.4, -0.2) is 14.8 Å². The fraction of sp³-hybridized carbons (Fsp3) is 0.273. The van der Waals surface area contributed by atoms with E-state index in [-0.39, 0.29) is 0 Å². The van der Waals surface area contributed by atoms with Crippen molar-refractivity contribution in [3.63, 3.8) is 0 Å². The monoisotopic (exact) mass is 202 g/mol. The van der Waals surface area contributed by atoms with Gasteiger partial charge >= 0.3 is 0 Å². The van der Waals surface area contributed by atoms with E-state index >= 15 is 0 Å². The first-order valence-electron chi connectivity index (χ1n) is 4.89. The summed E-state index contributed by atoms with van der Waals surface area (Å²) < 4.78 is 1.86. The molecule has 15 heavy (non-hydrogen) atoms. The Morgan fingerprint density at radius 3 is 2.67 bits per heavy atom. The Morgan fingerprint density at radius 1 is 1.33 bits per heavy atom. The van der Waals surface area contributed by atoms with Crippen LogP contribution in [0.3, 0.4) is 0 Å². The van der Waals surface area contributed by atoms with Crippen LogP contribution in [0.4, 0.5) is 5.69 Å². The van der Waals surface area contributed by atoms with Crippen LogP contribution in [0.25, 0.3) is 0 Å². The highest BCUT2D eigenvalue weighted by Crippen LogP contribution is 2.13. The van der Waals surface area contributed by atoms with Crippen molar-refractivity contribution in [1.29, 1.82) is 0 Å². The Morgan fingerprint density at radius 2 is 2.07 bits per heavy atom. The molecular formula is C11H14N4. The van der Waals surface area contributed by atoms with E-state index in [1.165, 1.54) is 5.56 Å². The van der Waals surface area contributed by atoms with Gasteiger partial charge in [0.15, 0.2) is 0 Å². The average molecular weight is 202 g/mol. The minimum Gasteiger partial charge on any atom is -0.378 e. The van der Waals surface area contributed by atoms with E-state index in [1.54, 1.807) is 12.4 Å². The molecule has 0 amide bonds. The van der Waals surface area contributed by atoms with Gasteiger partial charge in [0, 0.05) is 26.0 Å². The third-order valence-corrected chi connectivity index (χ3v) is 2.47. The predicted octanol–water partition coefficient (Wildman–Crippen LogP) is 1.74. The summed E-state index contributed by atoms with van der Waals surface area (Å²) in [6.07, 6.45) is 5.44. The van der Waals surface area contributed by atoms with Gasteiger partial charge in [-0.2, -0.15) is 5.10 Å². The summed E-state index contributed by atoms with van der Waals surface area (Å²) in [5, 5.41) is 7.51. The maximum atomic E-state index is 4.17. The lowest BCUT2D eigenvalue weighted by atomic mass is 10.2. The molecule has 0 bridgehead atoms. The van der Waals surface area contributed by atoms with Crippen molar-refractivity contribution >= 4 is 5.69 Å². The zero-order valence-electron chi connectivity index (χ0n) is 8.94. The molecule has 0 spiro atoms. The molecule has 0 atom stereocenters. The summed E-state index contributed by atoms with van der Waals surface area (Å²) in [7, 11) is 1.94. The summed E-state index contributed by atoms with van der Waals surface area (Å²) in [5.74, 6) is 0. The number of aryl methyl sites for hydroxylation is 1. The molecule has 0 radical (unpaired) electrons. The number of rotatable bonds is 3. The van der Waals surface area contributed by atoms with Gasteiger partial charge in [-0.3, -0.25) is 9.67 Å². The zero-order valence-corrected chi connectivity index (χ0v) is 8.94. The zero-order chi connectivity index (χ0) is 10.7. The van der Waals surface area contributed by atoms with Gasteiger partial charge in [0.1, 0.15) is 0 Å². The molecule has 0 saturated carbocycles. The normalized spacial score (nSPS) is 10.3. The highest BCUT2D eigenvalue weighted by Gasteiger charge is 2.01. The highest BCUT2D eigenvalue weighted by molar-refractivity contribution is 5.46. The van der Waals surface area contributed by atoms with Gasteiger partial charge in [-0.05, 0) is 24.6 Å². The van der Waals surface area contributed by atoms with Crippen molar-refractivity contribution in [3.05, 3.63) is 42.0 Å². The number of hydrogen-bond acceptors (Lipinski definition) is 3. The van der Waals surface area contributed by atoms with Gasteiger partial charge in [-0.1, -0.05) is 0 Å². The van der Waals surface area contributed by atoms with E-state index < -0.39 is 0 Å². The van der Waals surface area contributed by atoms with Crippen LogP contribution < -0.4 is 5.32 Å². The first-order valence-corrected chi connectivity index (χ1v) is 4.89. The summed E-state index contributed by atoms with van der Waals surface area (Å²) in [5.41, 5.74) is 3.44. The van der Waals surface area contributed by atoms with Crippen molar-refractivity contribution in [3.8, 4) is 0 Å². The second kappa shape index (κ2) is 4.13. The van der Waals surface area contributed by atoms with Crippen molar-refractivity contribution in [2.24, 2.45) is 7.05 Å². The molecule has 1 N–H and O–H groups in total. The molecule has 2 aromatic heterocycles. The van der Waals surface area contributed by atoms with Gasteiger partial charge in [0.25, 0.3) is 0 Å². The third kappa shape index (κ3) is 2.15. The van der Waals surface area contributed by atoms with Gasteiger partial charge < -0.3 is 5.32 Å². The van der Waals surface area contributed by atoms with E-state index in [0.29, 0.717) is 0 Å². The summed E-state index contributed by atoms with van der Waals surface area (Å²) in [6.45, 7) is 2.84. The number of nitrogens with zero attached hydrogens (tertiary/aromatic N) is 3. The molecule has 78 valence electrons. The van der Waals surface area contributed by atoms with E-state index in [9.17, 15) is 0 Å². The fourth-order valence-electron chi connectivity index (χ4n) is 1.37. The quantitative estimate of drug-likeness (QED) is 0.824. The smallest absolute Gasteiger partial charge is 0.0758 e. The minimum atomic E-state index is 0.801. The predicted molar refractivity (Wildman–Crippen MR) is 59.5 cm³/mol. The van der Waals surface area contributed by atoms with Crippen LogP contribution in [0.2, 0.25) is 0 Å². The molecule has 0 fully saturated rings. The van der Waals surface area contributed by atoms with Gasteiger partial charge in [-0.25, -0.2) is 0 Å². The van der Waals surface area contributed by atoms with Crippen LogP contribution in [0.15, 0.2) is 30.7 Å². The standard InChI is InChI=1S/C11H14N4/c1-9-11(8-14-15(9)2)13-7-10-3-5-12-6-4-10/h3-6,8,13H,7H2,1-2H3. The molecule has 0 aromatic carbocycles. The Hall–Kier alpha value is -1.84. The molecule has 0 aliphatic rings. The number of nitrogens with one attached hydrogen (secondary N) is 1. The first kappa shape index (κ1) is 9.71. The van der Waals surface area contributed by atoms with E-state index in [2.05, 4.69) is 15.4 Å². The molecule has 4 heteroatoms. The van der Waals surface area contributed by atoms with Crippen LogP contribution in [0.5, 0.6) is 0 Å². The van der Waals surface area contributed by atoms with Crippen molar-refractivity contribution < 1.29 is 0 Å². The lowest BCUT2D eigenvalue weighted by Crippen LogP contribution is -2.01. The lowest BCUT2D eigenvalue weighted by molar-refractivity contribution is 0.740. The Balaban J connectivity index is 2.02. The van der Waals surface area contributed by atoms with Gasteiger partial charge in [-0.15, -0.1) is 0 Å². The van der Waals surface area contributed by atoms with Gasteiger partial charge in [0.2, 0.25) is 0 Å². The SMILES string of the molecule is Cc1c(NCc2ccncc2)cnn1C. The van der Waals surface area contributed by atoms with Crippen LogP contribution in [0, 0.1) is 6.92 Å². The molecule has 0 aliphatic heterocycles. The average Bonchev–Trinajstić information content (AvgIpc) is 2.59. The summed E-state index contributed by atoms with van der Waals surface area (Å²) in [6, 6.07) is 4.00. The van der Waals surface area contributed by atoms with E-state index in [4.69, 9.17) is 0 Å². The number of aromatic nitrogens is 3. The number of pyridine rings is 1. The van der Waals surface area contributed by atoms with Crippen molar-refractivity contribution in [2.45, 2.75) is 13.5 Å². The highest BCUT2D eigenvalue weighted by atomic mass is 15.3. The lowest BCUT2D eigenvalue weighted by Gasteiger charge is -2.05. The molecule has 0 saturated heterocycles. The molecular weight excluding hydrogens is 188 g/mol.